The number of rotatable bonds is 9. The molecule has 5 atom stereocenters. The highest BCUT2D eigenvalue weighted by Crippen LogP contribution is 2.33. The number of aromatic nitrogens is 1. The lowest BCUT2D eigenvalue weighted by Crippen LogP contribution is -2.63. The molecule has 1 fully saturated rings. The number of hydrogen-bond acceptors (Lipinski definition) is 14. The Hall–Kier alpha value is -5.08. The molecule has 3 heterocycles. The summed E-state index contributed by atoms with van der Waals surface area (Å²) < 4.78 is 39.2. The van der Waals surface area contributed by atoms with E-state index in [4.69, 9.17) is 32.8 Å². The zero-order valence-corrected chi connectivity index (χ0v) is 25.9. The Labute approximate surface area is 265 Å². The molecule has 2 aromatic heterocycles. The van der Waals surface area contributed by atoms with Crippen LogP contribution in [-0.4, -0.2) is 66.2 Å². The monoisotopic (exact) mass is 651 g/mol. The lowest BCUT2D eigenvalue weighted by molar-refractivity contribution is -0.288. The number of carbonyl (C=O) groups is 4. The van der Waals surface area contributed by atoms with Crippen LogP contribution < -0.4 is 10.2 Å². The van der Waals surface area contributed by atoms with E-state index in [0.717, 1.165) is 31.3 Å². The molecular formula is C32H29NO12S. The zero-order chi connectivity index (χ0) is 33.0. The van der Waals surface area contributed by atoms with Gasteiger partial charge in [-0.1, -0.05) is 30.3 Å². The van der Waals surface area contributed by atoms with Crippen LogP contribution in [0.2, 0.25) is 0 Å². The van der Waals surface area contributed by atoms with E-state index >= 15 is 0 Å². The summed E-state index contributed by atoms with van der Waals surface area (Å²) in [6.45, 7) is 4.14. The molecule has 14 heteroatoms. The Morgan fingerprint density at radius 3 is 2.20 bits per heavy atom. The molecular weight excluding hydrogens is 622 g/mol. The second-order valence-electron chi connectivity index (χ2n) is 10.2. The molecule has 1 aliphatic heterocycles. The van der Waals surface area contributed by atoms with Crippen LogP contribution in [0, 0.1) is 0 Å². The van der Waals surface area contributed by atoms with E-state index in [-0.39, 0.29) is 27.7 Å². The number of carbonyl (C=O) groups excluding carboxylic acids is 4. The van der Waals surface area contributed by atoms with Gasteiger partial charge in [0.25, 0.3) is 0 Å². The van der Waals surface area contributed by atoms with Crippen molar-refractivity contribution in [3.05, 3.63) is 70.4 Å². The van der Waals surface area contributed by atoms with Crippen molar-refractivity contribution in [3.63, 3.8) is 0 Å². The number of fused-ring (bicyclic) bond motifs is 1. The minimum Gasteiger partial charge on any atom is -0.463 e. The molecule has 5 rings (SSSR count). The lowest BCUT2D eigenvalue weighted by Gasteiger charge is -2.43. The molecule has 0 N–H and O–H groups in total. The van der Waals surface area contributed by atoms with Crippen molar-refractivity contribution in [1.82, 2.24) is 4.98 Å². The molecule has 240 valence electrons. The summed E-state index contributed by atoms with van der Waals surface area (Å²) in [4.78, 5) is 65.8. The Morgan fingerprint density at radius 2 is 1.52 bits per heavy atom. The van der Waals surface area contributed by atoms with Crippen molar-refractivity contribution in [2.45, 2.75) is 58.4 Å². The van der Waals surface area contributed by atoms with Gasteiger partial charge in [-0.15, -0.1) is 11.3 Å². The molecule has 0 spiro atoms. The van der Waals surface area contributed by atoms with Crippen molar-refractivity contribution in [3.8, 4) is 27.6 Å². The Bertz CT molecular complexity index is 1820. The number of hydrogen-bond donors (Lipinski definition) is 0. The minimum atomic E-state index is -1.45. The van der Waals surface area contributed by atoms with E-state index in [1.54, 1.807) is 5.38 Å². The van der Waals surface area contributed by atoms with Gasteiger partial charge >= 0.3 is 23.9 Å². The van der Waals surface area contributed by atoms with E-state index in [9.17, 15) is 24.0 Å². The molecule has 1 saturated heterocycles. The minimum absolute atomic E-state index is 0.129. The number of thiazole rings is 1. The number of nitrogens with zero attached hydrogens (tertiary/aromatic N) is 1. The number of esters is 4. The first-order valence-corrected chi connectivity index (χ1v) is 14.9. The lowest BCUT2D eigenvalue weighted by atomic mass is 9.98. The van der Waals surface area contributed by atoms with Crippen LogP contribution in [0.5, 0.6) is 5.75 Å². The van der Waals surface area contributed by atoms with Gasteiger partial charge in [0.2, 0.25) is 17.8 Å². The predicted octanol–water partition coefficient (Wildman–Crippen LogP) is 4.05. The second kappa shape index (κ2) is 13.9. The molecule has 2 aromatic carbocycles. The van der Waals surface area contributed by atoms with Crippen LogP contribution in [0.25, 0.3) is 32.8 Å². The Kier molecular flexibility index (Phi) is 9.78. The highest BCUT2D eigenvalue weighted by Gasteiger charge is 2.53. The second-order valence-corrected chi connectivity index (χ2v) is 11.1. The SMILES string of the molecule is CC(=O)OCC1OC(Oc2ccc3c(=O)c(-c4csc(-c5ccccc5)n4)coc3c2)C(OC(C)=O)C(OC(C)=O)C1OC(C)=O. The molecule has 0 radical (unpaired) electrons. The fourth-order valence-electron chi connectivity index (χ4n) is 4.89. The van der Waals surface area contributed by atoms with Gasteiger partial charge in [0.05, 0.1) is 16.6 Å². The smallest absolute Gasteiger partial charge is 0.303 e. The van der Waals surface area contributed by atoms with Crippen molar-refractivity contribution < 1.29 is 52.0 Å². The summed E-state index contributed by atoms with van der Waals surface area (Å²) in [5.41, 5.74) is 1.53. The Balaban J connectivity index is 1.46. The molecule has 5 unspecified atom stereocenters. The third-order valence-electron chi connectivity index (χ3n) is 6.75. The summed E-state index contributed by atoms with van der Waals surface area (Å²) in [5.74, 6) is -2.81. The van der Waals surface area contributed by atoms with Gasteiger partial charge in [-0.2, -0.15) is 0 Å². The predicted molar refractivity (Wildman–Crippen MR) is 162 cm³/mol. The normalized spacial score (nSPS) is 20.8. The molecule has 0 bridgehead atoms. The zero-order valence-electron chi connectivity index (χ0n) is 25.1. The van der Waals surface area contributed by atoms with Crippen molar-refractivity contribution in [1.29, 1.82) is 0 Å². The average molecular weight is 652 g/mol. The maximum absolute atomic E-state index is 13.4. The van der Waals surface area contributed by atoms with Crippen molar-refractivity contribution in [2.24, 2.45) is 0 Å². The molecule has 1 aliphatic rings. The maximum Gasteiger partial charge on any atom is 0.303 e. The quantitative estimate of drug-likeness (QED) is 0.188. The van der Waals surface area contributed by atoms with E-state index in [2.05, 4.69) is 4.98 Å². The summed E-state index contributed by atoms with van der Waals surface area (Å²) >= 11 is 1.40. The van der Waals surface area contributed by atoms with Crippen LogP contribution >= 0.6 is 11.3 Å². The van der Waals surface area contributed by atoms with E-state index in [1.165, 1.54) is 42.7 Å². The fourth-order valence-corrected chi connectivity index (χ4v) is 5.71. The van der Waals surface area contributed by atoms with Crippen molar-refractivity contribution in [2.75, 3.05) is 6.61 Å². The largest absolute Gasteiger partial charge is 0.463 e. The highest BCUT2D eigenvalue weighted by molar-refractivity contribution is 7.13. The summed E-state index contributed by atoms with van der Waals surface area (Å²) in [6.07, 6.45) is -5.47. The van der Waals surface area contributed by atoms with Crippen LogP contribution in [0.3, 0.4) is 0 Å². The van der Waals surface area contributed by atoms with Gasteiger partial charge in [-0.05, 0) is 12.1 Å². The third-order valence-corrected chi connectivity index (χ3v) is 7.64. The maximum atomic E-state index is 13.4. The molecule has 4 aromatic rings. The van der Waals surface area contributed by atoms with Gasteiger partial charge in [-0.3, -0.25) is 24.0 Å². The van der Waals surface area contributed by atoms with Crippen LogP contribution in [0.1, 0.15) is 27.7 Å². The van der Waals surface area contributed by atoms with E-state index in [1.807, 2.05) is 30.3 Å². The molecule has 46 heavy (non-hydrogen) atoms. The van der Waals surface area contributed by atoms with Gasteiger partial charge in [0.1, 0.15) is 35.3 Å². The molecule has 0 saturated carbocycles. The third kappa shape index (κ3) is 7.41. The first-order chi connectivity index (χ1) is 22.0. The number of benzene rings is 2. The Morgan fingerprint density at radius 1 is 0.848 bits per heavy atom. The van der Waals surface area contributed by atoms with Gasteiger partial charge in [-0.25, -0.2) is 4.98 Å². The average Bonchev–Trinajstić information content (AvgIpc) is 3.49. The standard InChI is InChI=1S/C32H29NO12S/c1-16(34)39-14-26-28(41-17(2)35)29(42-18(3)36)30(43-19(4)37)32(45-26)44-21-10-11-22-25(12-21)40-13-23(27(22)38)24-15-46-31(33-24)20-8-6-5-7-9-20/h5-13,15,26,28-30,32H,14H2,1-4H3. The van der Waals surface area contributed by atoms with Crippen molar-refractivity contribution >= 4 is 46.2 Å². The molecule has 0 aliphatic carbocycles. The van der Waals surface area contributed by atoms with Gasteiger partial charge in [0.15, 0.2) is 12.2 Å². The first kappa shape index (κ1) is 32.3. The van der Waals surface area contributed by atoms with Gasteiger partial charge in [0, 0.05) is 44.7 Å². The molecule has 0 amide bonds. The first-order valence-electron chi connectivity index (χ1n) is 14.0. The highest BCUT2D eigenvalue weighted by atomic mass is 32.1. The van der Waals surface area contributed by atoms with Gasteiger partial charge < -0.3 is 32.8 Å². The summed E-state index contributed by atoms with van der Waals surface area (Å²) in [5, 5.41) is 2.78. The van der Waals surface area contributed by atoms with Crippen LogP contribution in [0.15, 0.2) is 69.4 Å². The summed E-state index contributed by atoms with van der Waals surface area (Å²) in [6, 6.07) is 14.0. The summed E-state index contributed by atoms with van der Waals surface area (Å²) in [7, 11) is 0. The molecule has 13 nitrogen and oxygen atoms in total. The topological polar surface area (TPSA) is 167 Å². The van der Waals surface area contributed by atoms with E-state index in [0.29, 0.717) is 5.69 Å². The van der Waals surface area contributed by atoms with E-state index < -0.39 is 61.2 Å². The van der Waals surface area contributed by atoms with Crippen LogP contribution in [-0.2, 0) is 42.9 Å². The number of ether oxygens (including phenoxy) is 6. The fraction of sp³-hybridized carbons (Fsp3) is 0.312. The van der Waals surface area contributed by atoms with Crippen LogP contribution in [0.4, 0.5) is 0 Å².